The molecule has 0 bridgehead atoms. The minimum atomic E-state index is 0.605. The fraction of sp³-hybridized carbons (Fsp3) is 1.00. The average Bonchev–Trinajstić information content (AvgIpc) is 2.46. The number of hydrogen-bond acceptors (Lipinski definition) is 1. The number of nitrogens with two attached hydrogens (primary N) is 1. The van der Waals surface area contributed by atoms with Crippen molar-refractivity contribution in [3.63, 3.8) is 0 Å². The summed E-state index contributed by atoms with van der Waals surface area (Å²) in [5.74, 6) is 3.95. The van der Waals surface area contributed by atoms with Gasteiger partial charge in [0, 0.05) is 0 Å². The van der Waals surface area contributed by atoms with E-state index < -0.39 is 0 Å². The van der Waals surface area contributed by atoms with Crippen LogP contribution in [0.4, 0.5) is 0 Å². The highest BCUT2D eigenvalue weighted by atomic mass is 14.6. The molecule has 0 saturated heterocycles. The normalized spacial score (nSPS) is 46.6. The van der Waals surface area contributed by atoms with E-state index in [2.05, 4.69) is 20.8 Å². The molecule has 0 amide bonds. The third kappa shape index (κ3) is 3.12. The summed E-state index contributed by atoms with van der Waals surface area (Å²) in [6.07, 6.45) is 16.3. The van der Waals surface area contributed by atoms with Gasteiger partial charge in [0.2, 0.25) is 0 Å². The van der Waals surface area contributed by atoms with E-state index in [1.165, 1.54) is 70.6 Å². The third-order valence-corrected chi connectivity index (χ3v) is 8.07. The van der Waals surface area contributed by atoms with Crippen LogP contribution in [0.3, 0.4) is 0 Å². The smallest absolute Gasteiger partial charge is 0.00747 e. The van der Waals surface area contributed by atoms with Gasteiger partial charge >= 0.3 is 0 Å². The Labute approximate surface area is 138 Å². The third-order valence-electron chi connectivity index (χ3n) is 8.07. The number of rotatable bonds is 4. The summed E-state index contributed by atoms with van der Waals surface area (Å²) in [4.78, 5) is 0. The molecular formula is C21H39N. The first-order valence-electron chi connectivity index (χ1n) is 10.2. The lowest BCUT2D eigenvalue weighted by Gasteiger charge is -2.58. The SMILES string of the molecule is C[C@H](CCN)CC1(C)CCC2C(CCC3CCCCC32C)C1. The lowest BCUT2D eigenvalue weighted by molar-refractivity contribution is -0.0815. The minimum Gasteiger partial charge on any atom is -0.330 e. The molecule has 0 heterocycles. The molecule has 1 heteroatoms. The summed E-state index contributed by atoms with van der Waals surface area (Å²) in [6, 6.07) is 0. The van der Waals surface area contributed by atoms with Crippen molar-refractivity contribution in [1.82, 2.24) is 0 Å². The maximum Gasteiger partial charge on any atom is -0.00747 e. The lowest BCUT2D eigenvalue weighted by Crippen LogP contribution is -2.49. The van der Waals surface area contributed by atoms with Gasteiger partial charge in [0.25, 0.3) is 0 Å². The molecule has 0 aromatic heterocycles. The van der Waals surface area contributed by atoms with Crippen LogP contribution in [0.1, 0.15) is 91.4 Å². The van der Waals surface area contributed by atoms with Gasteiger partial charge in [-0.25, -0.2) is 0 Å². The van der Waals surface area contributed by atoms with Gasteiger partial charge in [0.05, 0.1) is 0 Å². The van der Waals surface area contributed by atoms with Crippen molar-refractivity contribution in [3.8, 4) is 0 Å². The van der Waals surface area contributed by atoms with E-state index in [1.54, 1.807) is 0 Å². The average molecular weight is 306 g/mol. The monoisotopic (exact) mass is 305 g/mol. The number of hydrogen-bond donors (Lipinski definition) is 1. The maximum absolute atomic E-state index is 5.77. The van der Waals surface area contributed by atoms with Gasteiger partial charge in [0.1, 0.15) is 0 Å². The molecule has 128 valence electrons. The van der Waals surface area contributed by atoms with E-state index in [1.807, 2.05) is 0 Å². The van der Waals surface area contributed by atoms with Crippen LogP contribution in [0, 0.1) is 34.5 Å². The highest BCUT2D eigenvalue weighted by Crippen LogP contribution is 2.61. The van der Waals surface area contributed by atoms with Gasteiger partial charge in [-0.15, -0.1) is 0 Å². The Balaban J connectivity index is 1.67. The zero-order valence-electron chi connectivity index (χ0n) is 15.4. The number of fused-ring (bicyclic) bond motifs is 3. The Kier molecular flexibility index (Phi) is 4.93. The molecule has 1 nitrogen and oxygen atoms in total. The van der Waals surface area contributed by atoms with Crippen LogP contribution >= 0.6 is 0 Å². The molecule has 3 saturated carbocycles. The van der Waals surface area contributed by atoms with Gasteiger partial charge < -0.3 is 5.73 Å². The van der Waals surface area contributed by atoms with E-state index in [0.717, 1.165) is 30.2 Å². The standard InChI is InChI=1S/C21H39N/c1-16(10-13-22)14-20(2)12-9-19-17(15-20)7-8-18-6-4-5-11-21(18,19)3/h16-19H,4-15,22H2,1-3H3/t16-,17?,18?,19?,20?,21?/m1/s1. The van der Waals surface area contributed by atoms with Gasteiger partial charge in [-0.2, -0.15) is 0 Å². The van der Waals surface area contributed by atoms with Crippen molar-refractivity contribution < 1.29 is 0 Å². The summed E-state index contributed by atoms with van der Waals surface area (Å²) in [5.41, 5.74) is 7.08. The Morgan fingerprint density at radius 1 is 1.05 bits per heavy atom. The molecule has 3 aliphatic rings. The Morgan fingerprint density at radius 3 is 2.64 bits per heavy atom. The highest BCUT2D eigenvalue weighted by Gasteiger charge is 2.52. The zero-order chi connectivity index (χ0) is 15.8. The van der Waals surface area contributed by atoms with Crippen LogP contribution < -0.4 is 5.73 Å². The molecule has 22 heavy (non-hydrogen) atoms. The summed E-state index contributed by atoms with van der Waals surface area (Å²) in [5, 5.41) is 0. The molecule has 3 rings (SSSR count). The first kappa shape index (κ1) is 16.8. The van der Waals surface area contributed by atoms with Crippen molar-refractivity contribution in [2.24, 2.45) is 40.2 Å². The molecule has 3 fully saturated rings. The first-order valence-corrected chi connectivity index (χ1v) is 10.2. The second kappa shape index (κ2) is 6.46. The lowest BCUT2D eigenvalue weighted by atomic mass is 9.47. The van der Waals surface area contributed by atoms with Gasteiger partial charge in [-0.1, -0.05) is 33.6 Å². The van der Waals surface area contributed by atoms with E-state index in [-0.39, 0.29) is 0 Å². The van der Waals surface area contributed by atoms with Gasteiger partial charge in [-0.05, 0) is 98.8 Å². The Morgan fingerprint density at radius 2 is 1.86 bits per heavy atom. The molecule has 2 N–H and O–H groups in total. The Bertz CT molecular complexity index is 378. The topological polar surface area (TPSA) is 26.0 Å². The van der Waals surface area contributed by atoms with Crippen LogP contribution in [0.2, 0.25) is 0 Å². The fourth-order valence-electron chi connectivity index (χ4n) is 7.01. The van der Waals surface area contributed by atoms with E-state index in [4.69, 9.17) is 5.73 Å². The van der Waals surface area contributed by atoms with Crippen LogP contribution in [-0.2, 0) is 0 Å². The molecule has 0 aliphatic heterocycles. The summed E-state index contributed by atoms with van der Waals surface area (Å²) < 4.78 is 0. The zero-order valence-corrected chi connectivity index (χ0v) is 15.4. The van der Waals surface area contributed by atoms with Crippen molar-refractivity contribution in [2.75, 3.05) is 6.54 Å². The summed E-state index contributed by atoms with van der Waals surface area (Å²) in [7, 11) is 0. The molecule has 0 aromatic rings. The van der Waals surface area contributed by atoms with E-state index in [0.29, 0.717) is 10.8 Å². The fourth-order valence-corrected chi connectivity index (χ4v) is 7.01. The van der Waals surface area contributed by atoms with Crippen molar-refractivity contribution in [2.45, 2.75) is 91.4 Å². The largest absolute Gasteiger partial charge is 0.330 e. The maximum atomic E-state index is 5.77. The summed E-state index contributed by atoms with van der Waals surface area (Å²) >= 11 is 0. The van der Waals surface area contributed by atoms with Crippen LogP contribution in [0.25, 0.3) is 0 Å². The highest BCUT2D eigenvalue weighted by molar-refractivity contribution is 5.02. The molecule has 0 radical (unpaired) electrons. The molecular weight excluding hydrogens is 266 g/mol. The van der Waals surface area contributed by atoms with Crippen LogP contribution in [0.5, 0.6) is 0 Å². The molecule has 6 atom stereocenters. The molecule has 3 aliphatic carbocycles. The Hall–Kier alpha value is -0.0400. The second-order valence-corrected chi connectivity index (χ2v) is 9.83. The van der Waals surface area contributed by atoms with Crippen molar-refractivity contribution in [3.05, 3.63) is 0 Å². The predicted molar refractivity (Wildman–Crippen MR) is 95.7 cm³/mol. The van der Waals surface area contributed by atoms with Gasteiger partial charge in [-0.3, -0.25) is 0 Å². The minimum absolute atomic E-state index is 0.605. The predicted octanol–water partition coefficient (Wildman–Crippen LogP) is 5.77. The van der Waals surface area contributed by atoms with Crippen LogP contribution in [-0.4, -0.2) is 6.54 Å². The molecule has 0 spiro atoms. The first-order chi connectivity index (χ1) is 10.5. The quantitative estimate of drug-likeness (QED) is 0.700. The van der Waals surface area contributed by atoms with Crippen molar-refractivity contribution >= 4 is 0 Å². The molecule has 0 aromatic carbocycles. The van der Waals surface area contributed by atoms with E-state index in [9.17, 15) is 0 Å². The van der Waals surface area contributed by atoms with Crippen LogP contribution in [0.15, 0.2) is 0 Å². The van der Waals surface area contributed by atoms with Gasteiger partial charge in [0.15, 0.2) is 0 Å². The van der Waals surface area contributed by atoms with E-state index >= 15 is 0 Å². The second-order valence-electron chi connectivity index (χ2n) is 9.83. The van der Waals surface area contributed by atoms with Crippen molar-refractivity contribution in [1.29, 1.82) is 0 Å². The summed E-state index contributed by atoms with van der Waals surface area (Å²) in [6.45, 7) is 8.55. The molecule has 5 unspecified atom stereocenters.